The van der Waals surface area contributed by atoms with Crippen LogP contribution in [-0.2, 0) is 24.2 Å². The lowest BCUT2D eigenvalue weighted by molar-refractivity contribution is -0.121. The molecule has 0 spiro atoms. The van der Waals surface area contributed by atoms with Gasteiger partial charge in [-0.05, 0) is 42.6 Å². The van der Waals surface area contributed by atoms with Gasteiger partial charge in [0.25, 0.3) is 5.56 Å². The number of nitrogens with zero attached hydrogens (tertiary/aromatic N) is 2. The Hall–Kier alpha value is -1.69. The molecule has 0 fully saturated rings. The van der Waals surface area contributed by atoms with E-state index < -0.39 is 0 Å². The first-order chi connectivity index (χ1) is 12.3. The molecule has 2 heterocycles. The summed E-state index contributed by atoms with van der Waals surface area (Å²) < 4.78 is 1.45. The van der Waals surface area contributed by atoms with E-state index in [4.69, 9.17) is 0 Å². The molecule has 2 aromatic rings. The molecule has 26 heavy (non-hydrogen) atoms. The minimum Gasteiger partial charge on any atom is -0.355 e. The van der Waals surface area contributed by atoms with E-state index in [1.807, 2.05) is 0 Å². The first kappa shape index (κ1) is 19.1. The van der Waals surface area contributed by atoms with Gasteiger partial charge in [-0.3, -0.25) is 14.2 Å². The van der Waals surface area contributed by atoms with Gasteiger partial charge < -0.3 is 5.32 Å². The second-order valence-corrected chi connectivity index (χ2v) is 9.45. The van der Waals surface area contributed by atoms with E-state index in [1.54, 1.807) is 11.3 Å². The molecular weight excluding hydrogens is 346 g/mol. The number of thiophene rings is 1. The molecular formula is C20H29N3O2S. The Morgan fingerprint density at radius 1 is 1.42 bits per heavy atom. The fraction of sp³-hybridized carbons (Fsp3) is 0.650. The highest BCUT2D eigenvalue weighted by Gasteiger charge is 2.31. The van der Waals surface area contributed by atoms with Gasteiger partial charge in [0.1, 0.15) is 11.4 Å². The highest BCUT2D eigenvalue weighted by Crippen LogP contribution is 2.41. The standard InChI is InChI=1S/C20H29N3O2S/c1-5-6-9-21-16(24)11-23-12-22-18-17(19(23)25)14-8-7-13(20(2,3)4)10-15(14)26-18/h12-13H,5-11H2,1-4H3,(H,21,24)/t13-/m0/s1. The van der Waals surface area contributed by atoms with Gasteiger partial charge in [-0.1, -0.05) is 34.1 Å². The number of carbonyl (C=O) groups excluding carboxylic acids is 1. The van der Waals surface area contributed by atoms with Gasteiger partial charge in [-0.15, -0.1) is 11.3 Å². The van der Waals surface area contributed by atoms with E-state index in [9.17, 15) is 9.59 Å². The van der Waals surface area contributed by atoms with Crippen molar-refractivity contribution < 1.29 is 4.79 Å². The molecule has 1 N–H and O–H groups in total. The van der Waals surface area contributed by atoms with Crippen molar-refractivity contribution in [3.8, 4) is 0 Å². The summed E-state index contributed by atoms with van der Waals surface area (Å²) in [4.78, 5) is 31.6. The highest BCUT2D eigenvalue weighted by atomic mass is 32.1. The number of carbonyl (C=O) groups is 1. The smallest absolute Gasteiger partial charge is 0.262 e. The van der Waals surface area contributed by atoms with Crippen LogP contribution in [0.15, 0.2) is 11.1 Å². The Bertz CT molecular complexity index is 860. The zero-order chi connectivity index (χ0) is 18.9. The minimum absolute atomic E-state index is 0.0424. The van der Waals surface area contributed by atoms with Gasteiger partial charge in [0, 0.05) is 11.4 Å². The predicted octanol–water partition coefficient (Wildman–Crippen LogP) is 3.53. The molecule has 2 aromatic heterocycles. The second-order valence-electron chi connectivity index (χ2n) is 8.37. The number of fused-ring (bicyclic) bond motifs is 3. The van der Waals surface area contributed by atoms with Crippen molar-refractivity contribution >= 4 is 27.5 Å². The van der Waals surface area contributed by atoms with Gasteiger partial charge in [-0.2, -0.15) is 0 Å². The third-order valence-electron chi connectivity index (χ3n) is 5.43. The minimum atomic E-state index is -0.126. The third kappa shape index (κ3) is 3.85. The highest BCUT2D eigenvalue weighted by molar-refractivity contribution is 7.18. The molecule has 0 saturated carbocycles. The second kappa shape index (κ2) is 7.51. The van der Waals surface area contributed by atoms with E-state index >= 15 is 0 Å². The normalized spacial score (nSPS) is 17.3. The molecule has 0 aliphatic heterocycles. The summed E-state index contributed by atoms with van der Waals surface area (Å²) in [6.07, 6.45) is 6.56. The fourth-order valence-electron chi connectivity index (χ4n) is 3.67. The number of hydrogen-bond acceptors (Lipinski definition) is 4. The number of unbranched alkanes of at least 4 members (excludes halogenated alkanes) is 1. The van der Waals surface area contributed by atoms with Crippen molar-refractivity contribution in [1.82, 2.24) is 14.9 Å². The molecule has 0 aromatic carbocycles. The van der Waals surface area contributed by atoms with Crippen LogP contribution in [-0.4, -0.2) is 22.0 Å². The van der Waals surface area contributed by atoms with E-state index in [0.29, 0.717) is 12.5 Å². The van der Waals surface area contributed by atoms with Crippen molar-refractivity contribution in [2.45, 2.75) is 66.3 Å². The summed E-state index contributed by atoms with van der Waals surface area (Å²) in [6.45, 7) is 9.65. The topological polar surface area (TPSA) is 64.0 Å². The van der Waals surface area contributed by atoms with Crippen molar-refractivity contribution in [2.24, 2.45) is 11.3 Å². The van der Waals surface area contributed by atoms with Gasteiger partial charge in [0.2, 0.25) is 5.91 Å². The van der Waals surface area contributed by atoms with Crippen LogP contribution in [0, 0.1) is 11.3 Å². The number of nitrogens with one attached hydrogen (secondary N) is 1. The summed E-state index contributed by atoms with van der Waals surface area (Å²) in [6, 6.07) is 0. The lowest BCUT2D eigenvalue weighted by Crippen LogP contribution is -2.33. The van der Waals surface area contributed by atoms with Crippen LogP contribution < -0.4 is 10.9 Å². The monoisotopic (exact) mass is 375 g/mol. The summed E-state index contributed by atoms with van der Waals surface area (Å²) in [5.74, 6) is 0.508. The summed E-state index contributed by atoms with van der Waals surface area (Å²) in [5.41, 5.74) is 1.37. The van der Waals surface area contributed by atoms with E-state index in [0.717, 1.165) is 42.3 Å². The number of hydrogen-bond donors (Lipinski definition) is 1. The Labute approximate surface area is 158 Å². The predicted molar refractivity (Wildman–Crippen MR) is 107 cm³/mol. The molecule has 6 heteroatoms. The zero-order valence-electron chi connectivity index (χ0n) is 16.2. The first-order valence-corrected chi connectivity index (χ1v) is 10.4. The number of aromatic nitrogens is 2. The molecule has 0 radical (unpaired) electrons. The largest absolute Gasteiger partial charge is 0.355 e. The van der Waals surface area contributed by atoms with Gasteiger partial charge >= 0.3 is 0 Å². The maximum Gasteiger partial charge on any atom is 0.262 e. The molecule has 0 unspecified atom stereocenters. The van der Waals surface area contributed by atoms with E-state index in [2.05, 4.69) is 38.0 Å². The van der Waals surface area contributed by atoms with Crippen LogP contribution in [0.3, 0.4) is 0 Å². The maximum absolute atomic E-state index is 13.0. The lowest BCUT2D eigenvalue weighted by atomic mass is 9.72. The van der Waals surface area contributed by atoms with Crippen molar-refractivity contribution in [1.29, 1.82) is 0 Å². The molecule has 1 amide bonds. The average Bonchev–Trinajstić information content (AvgIpc) is 2.95. The van der Waals surface area contributed by atoms with E-state index in [1.165, 1.54) is 21.3 Å². The van der Waals surface area contributed by atoms with Crippen LogP contribution in [0.25, 0.3) is 10.2 Å². The summed E-state index contributed by atoms with van der Waals surface area (Å²) in [7, 11) is 0. The van der Waals surface area contributed by atoms with Gasteiger partial charge in [0.15, 0.2) is 0 Å². The Balaban J connectivity index is 1.86. The number of amides is 1. The molecule has 1 aliphatic rings. The van der Waals surface area contributed by atoms with Crippen LogP contribution in [0.5, 0.6) is 0 Å². The van der Waals surface area contributed by atoms with Gasteiger partial charge in [-0.25, -0.2) is 4.98 Å². The van der Waals surface area contributed by atoms with Crippen LogP contribution in [0.1, 0.15) is 57.4 Å². The molecule has 142 valence electrons. The van der Waals surface area contributed by atoms with Crippen molar-refractivity contribution in [3.63, 3.8) is 0 Å². The summed E-state index contributed by atoms with van der Waals surface area (Å²) in [5, 5.41) is 3.60. The molecule has 5 nitrogen and oxygen atoms in total. The van der Waals surface area contributed by atoms with E-state index in [-0.39, 0.29) is 23.4 Å². The zero-order valence-corrected chi connectivity index (χ0v) is 17.0. The first-order valence-electron chi connectivity index (χ1n) is 9.57. The molecule has 3 rings (SSSR count). The third-order valence-corrected chi connectivity index (χ3v) is 6.59. The average molecular weight is 376 g/mol. The molecule has 0 saturated heterocycles. The molecule has 1 aliphatic carbocycles. The molecule has 1 atom stereocenters. The maximum atomic E-state index is 13.0. The van der Waals surface area contributed by atoms with Crippen molar-refractivity contribution in [2.75, 3.05) is 6.54 Å². The van der Waals surface area contributed by atoms with Crippen LogP contribution >= 0.6 is 11.3 Å². The lowest BCUT2D eigenvalue weighted by Gasteiger charge is -2.33. The van der Waals surface area contributed by atoms with Crippen molar-refractivity contribution in [3.05, 3.63) is 27.1 Å². The number of rotatable bonds is 5. The quantitative estimate of drug-likeness (QED) is 0.813. The fourth-order valence-corrected chi connectivity index (χ4v) is 4.93. The number of aryl methyl sites for hydroxylation is 1. The Kier molecular flexibility index (Phi) is 5.51. The Morgan fingerprint density at radius 2 is 2.19 bits per heavy atom. The Morgan fingerprint density at radius 3 is 2.88 bits per heavy atom. The van der Waals surface area contributed by atoms with Crippen LogP contribution in [0.4, 0.5) is 0 Å². The van der Waals surface area contributed by atoms with Crippen LogP contribution in [0.2, 0.25) is 0 Å². The SMILES string of the molecule is CCCCNC(=O)Cn1cnc2sc3c(c2c1=O)CC[C@H](C(C)(C)C)C3. The summed E-state index contributed by atoms with van der Waals surface area (Å²) >= 11 is 1.65. The molecule has 0 bridgehead atoms. The van der Waals surface area contributed by atoms with Gasteiger partial charge in [0.05, 0.1) is 11.7 Å².